The van der Waals surface area contributed by atoms with E-state index in [4.69, 9.17) is 0 Å². The van der Waals surface area contributed by atoms with Crippen LogP contribution in [0.25, 0.3) is 15.9 Å². The number of rotatable bonds is 6. The predicted octanol–water partition coefficient (Wildman–Crippen LogP) is 2.96. The Bertz CT molecular complexity index is 944. The van der Waals surface area contributed by atoms with Crippen LogP contribution >= 0.6 is 11.3 Å². The largest absolute Gasteiger partial charge is 0.355 e. The molecular formula is C19H22N4O2S. The van der Waals surface area contributed by atoms with E-state index in [1.165, 1.54) is 11.3 Å². The Labute approximate surface area is 156 Å². The van der Waals surface area contributed by atoms with Crippen LogP contribution in [-0.2, 0) is 4.79 Å². The molecule has 7 heteroatoms. The summed E-state index contributed by atoms with van der Waals surface area (Å²) in [5, 5.41) is 6.45. The van der Waals surface area contributed by atoms with Crippen molar-refractivity contribution >= 4 is 33.4 Å². The molecule has 2 amide bonds. The second kappa shape index (κ2) is 7.70. The normalized spacial score (nSPS) is 10.9. The number of fused-ring (bicyclic) bond motifs is 1. The zero-order valence-corrected chi connectivity index (χ0v) is 15.9. The third-order valence-corrected chi connectivity index (χ3v) is 5.08. The van der Waals surface area contributed by atoms with Crippen LogP contribution < -0.4 is 10.6 Å². The third-order valence-electron chi connectivity index (χ3n) is 4.01. The van der Waals surface area contributed by atoms with E-state index in [0.717, 1.165) is 33.6 Å². The van der Waals surface area contributed by atoms with Crippen LogP contribution in [0.3, 0.4) is 0 Å². The fraction of sp³-hybridized carbons (Fsp3) is 0.316. The van der Waals surface area contributed by atoms with Crippen molar-refractivity contribution in [3.63, 3.8) is 0 Å². The van der Waals surface area contributed by atoms with Crippen molar-refractivity contribution in [3.05, 3.63) is 46.7 Å². The van der Waals surface area contributed by atoms with Crippen molar-refractivity contribution in [2.45, 2.75) is 27.2 Å². The minimum Gasteiger partial charge on any atom is -0.355 e. The number of thiophene rings is 1. The van der Waals surface area contributed by atoms with Crippen molar-refractivity contribution in [3.8, 4) is 5.69 Å². The van der Waals surface area contributed by atoms with Gasteiger partial charge in [0.1, 0.15) is 9.71 Å². The predicted molar refractivity (Wildman–Crippen MR) is 104 cm³/mol. The molecule has 0 radical (unpaired) electrons. The minimum atomic E-state index is -0.264. The lowest BCUT2D eigenvalue weighted by atomic mass is 10.1. The number of hydrogen-bond acceptors (Lipinski definition) is 4. The molecule has 3 aromatic heterocycles. The fourth-order valence-electron chi connectivity index (χ4n) is 2.87. The molecule has 3 rings (SSSR count). The molecule has 0 aliphatic carbocycles. The zero-order chi connectivity index (χ0) is 18.7. The zero-order valence-electron chi connectivity index (χ0n) is 15.1. The number of pyridine rings is 1. The summed E-state index contributed by atoms with van der Waals surface area (Å²) < 4.78 is 1.93. The van der Waals surface area contributed by atoms with Gasteiger partial charge in [0.05, 0.1) is 12.2 Å². The highest BCUT2D eigenvalue weighted by Crippen LogP contribution is 2.35. The van der Waals surface area contributed by atoms with E-state index < -0.39 is 0 Å². The molecule has 0 spiro atoms. The van der Waals surface area contributed by atoms with Crippen molar-refractivity contribution in [2.24, 2.45) is 0 Å². The molecule has 136 valence electrons. The highest BCUT2D eigenvalue weighted by atomic mass is 32.1. The molecule has 0 bridgehead atoms. The summed E-state index contributed by atoms with van der Waals surface area (Å²) in [5.74, 6) is -0.450. The number of nitrogens with zero attached hydrogens (tertiary/aromatic N) is 2. The Hall–Kier alpha value is -2.67. The lowest BCUT2D eigenvalue weighted by Gasteiger charge is -2.09. The summed E-state index contributed by atoms with van der Waals surface area (Å²) in [7, 11) is 0. The first-order valence-electron chi connectivity index (χ1n) is 8.60. The summed E-state index contributed by atoms with van der Waals surface area (Å²) in [6, 6.07) is 5.85. The Morgan fingerprint density at radius 1 is 1.19 bits per heavy atom. The average Bonchev–Trinajstić information content (AvgIpc) is 3.24. The Balaban J connectivity index is 1.97. The van der Waals surface area contributed by atoms with Crippen molar-refractivity contribution < 1.29 is 9.59 Å². The lowest BCUT2D eigenvalue weighted by Crippen LogP contribution is -2.37. The summed E-state index contributed by atoms with van der Waals surface area (Å²) in [4.78, 5) is 30.5. The topological polar surface area (TPSA) is 76.0 Å². The van der Waals surface area contributed by atoms with Gasteiger partial charge in [0, 0.05) is 30.0 Å². The van der Waals surface area contributed by atoms with E-state index >= 15 is 0 Å². The van der Waals surface area contributed by atoms with Gasteiger partial charge in [0.2, 0.25) is 5.91 Å². The molecule has 0 atom stereocenters. The van der Waals surface area contributed by atoms with Crippen molar-refractivity contribution in [2.75, 3.05) is 13.1 Å². The van der Waals surface area contributed by atoms with Gasteiger partial charge in [-0.05, 0) is 44.0 Å². The van der Waals surface area contributed by atoms with Crippen LogP contribution in [0.15, 0.2) is 30.6 Å². The van der Waals surface area contributed by atoms with Crippen LogP contribution in [0.2, 0.25) is 0 Å². The van der Waals surface area contributed by atoms with Gasteiger partial charge in [-0.15, -0.1) is 11.3 Å². The van der Waals surface area contributed by atoms with E-state index in [1.807, 2.05) is 55.9 Å². The van der Waals surface area contributed by atoms with Gasteiger partial charge in [-0.25, -0.2) is 4.98 Å². The Morgan fingerprint density at radius 3 is 2.62 bits per heavy atom. The molecule has 0 fully saturated rings. The molecule has 3 aromatic rings. The number of amides is 2. The number of carbonyl (C=O) groups excluding carboxylic acids is 2. The number of carbonyl (C=O) groups is 2. The maximum absolute atomic E-state index is 12.8. The Kier molecular flexibility index (Phi) is 5.37. The van der Waals surface area contributed by atoms with Gasteiger partial charge in [0.15, 0.2) is 0 Å². The van der Waals surface area contributed by atoms with Crippen molar-refractivity contribution in [1.82, 2.24) is 20.2 Å². The van der Waals surface area contributed by atoms with E-state index in [1.54, 1.807) is 0 Å². The molecule has 0 unspecified atom stereocenters. The molecule has 26 heavy (non-hydrogen) atoms. The molecular weight excluding hydrogens is 348 g/mol. The highest BCUT2D eigenvalue weighted by molar-refractivity contribution is 7.21. The van der Waals surface area contributed by atoms with E-state index in [0.29, 0.717) is 11.4 Å². The first-order valence-corrected chi connectivity index (χ1v) is 9.42. The van der Waals surface area contributed by atoms with Gasteiger partial charge < -0.3 is 15.2 Å². The maximum Gasteiger partial charge on any atom is 0.264 e. The molecule has 2 N–H and O–H groups in total. The van der Waals surface area contributed by atoms with E-state index in [2.05, 4.69) is 15.6 Å². The average molecular weight is 370 g/mol. The van der Waals surface area contributed by atoms with Crippen LogP contribution in [0.4, 0.5) is 0 Å². The number of hydrogen-bond donors (Lipinski definition) is 2. The van der Waals surface area contributed by atoms with Crippen LogP contribution in [0.1, 0.15) is 34.3 Å². The monoisotopic (exact) mass is 370 g/mol. The molecule has 3 heterocycles. The summed E-state index contributed by atoms with van der Waals surface area (Å²) in [5.41, 5.74) is 2.81. The van der Waals surface area contributed by atoms with Gasteiger partial charge >= 0.3 is 0 Å². The number of aryl methyl sites for hydroxylation is 2. The smallest absolute Gasteiger partial charge is 0.264 e. The van der Waals surface area contributed by atoms with Crippen molar-refractivity contribution in [1.29, 1.82) is 0 Å². The minimum absolute atomic E-state index is 0.0381. The fourth-order valence-corrected chi connectivity index (χ4v) is 4.09. The molecule has 0 aromatic carbocycles. The van der Waals surface area contributed by atoms with Gasteiger partial charge in [0.25, 0.3) is 5.91 Å². The van der Waals surface area contributed by atoms with Crippen LogP contribution in [0, 0.1) is 13.8 Å². The second-order valence-electron chi connectivity index (χ2n) is 6.16. The van der Waals surface area contributed by atoms with E-state index in [-0.39, 0.29) is 18.4 Å². The molecule has 0 aliphatic heterocycles. The van der Waals surface area contributed by atoms with Gasteiger partial charge in [-0.3, -0.25) is 9.59 Å². The van der Waals surface area contributed by atoms with Crippen LogP contribution in [-0.4, -0.2) is 34.5 Å². The van der Waals surface area contributed by atoms with E-state index in [9.17, 15) is 9.59 Å². The number of nitrogens with one attached hydrogen (secondary N) is 2. The third kappa shape index (κ3) is 3.62. The second-order valence-corrected chi connectivity index (χ2v) is 7.16. The molecule has 0 aliphatic rings. The molecule has 0 saturated heterocycles. The van der Waals surface area contributed by atoms with Crippen LogP contribution in [0.5, 0.6) is 0 Å². The van der Waals surface area contributed by atoms with Gasteiger partial charge in [-0.2, -0.15) is 0 Å². The van der Waals surface area contributed by atoms with Gasteiger partial charge in [-0.1, -0.05) is 6.92 Å². The Morgan fingerprint density at radius 2 is 1.92 bits per heavy atom. The molecule has 6 nitrogen and oxygen atoms in total. The summed E-state index contributed by atoms with van der Waals surface area (Å²) in [6.07, 6.45) is 4.68. The molecule has 0 saturated carbocycles. The first kappa shape index (κ1) is 18.1. The summed E-state index contributed by atoms with van der Waals surface area (Å²) in [6.45, 7) is 6.52. The SMILES string of the molecule is CCCNC(=O)CNC(=O)c1sc2nc(C)cc(C)c2c1-n1cccc1. The maximum atomic E-state index is 12.8. The standard InChI is InChI=1S/C19H22N4O2S/c1-4-7-20-14(24)11-21-18(25)17-16(23-8-5-6-9-23)15-12(2)10-13(3)22-19(15)26-17/h5-6,8-10H,4,7,11H2,1-3H3,(H,20,24)(H,21,25). The lowest BCUT2D eigenvalue weighted by molar-refractivity contribution is -0.120. The number of aromatic nitrogens is 2. The highest BCUT2D eigenvalue weighted by Gasteiger charge is 2.22. The quantitative estimate of drug-likeness (QED) is 0.700. The summed E-state index contributed by atoms with van der Waals surface area (Å²) >= 11 is 1.35. The first-order chi connectivity index (χ1) is 12.5.